The van der Waals surface area contributed by atoms with Gasteiger partial charge in [-0.25, -0.2) is 4.79 Å². The van der Waals surface area contributed by atoms with E-state index < -0.39 is 11.9 Å². The maximum atomic E-state index is 12.2. The Morgan fingerprint density at radius 2 is 1.94 bits per heavy atom. The molecule has 1 rings (SSSR count). The van der Waals surface area contributed by atoms with Gasteiger partial charge in [-0.15, -0.1) is 0 Å². The largest absolute Gasteiger partial charge is 0.481 e. The standard InChI is InChI=1S/C12H23N3O3/c1-10(11(16)17)9-14(3)12(18)15-6-4-5-13(2)7-8-15/h10H,4-9H2,1-3H3,(H,16,17). The Balaban J connectivity index is 2.49. The van der Waals surface area contributed by atoms with Crippen LogP contribution in [0.15, 0.2) is 0 Å². The lowest BCUT2D eigenvalue weighted by Gasteiger charge is -2.28. The van der Waals surface area contributed by atoms with Crippen LogP contribution in [0.5, 0.6) is 0 Å². The highest BCUT2D eigenvalue weighted by Crippen LogP contribution is 2.06. The summed E-state index contributed by atoms with van der Waals surface area (Å²) in [5.74, 6) is -1.40. The Hall–Kier alpha value is -1.30. The molecule has 0 aromatic rings. The zero-order valence-corrected chi connectivity index (χ0v) is 11.4. The van der Waals surface area contributed by atoms with Gasteiger partial charge in [-0.3, -0.25) is 4.79 Å². The van der Waals surface area contributed by atoms with Crippen molar-refractivity contribution in [3.8, 4) is 0 Å². The number of nitrogens with zero attached hydrogens (tertiary/aromatic N) is 3. The van der Waals surface area contributed by atoms with E-state index in [-0.39, 0.29) is 12.6 Å². The first-order valence-electron chi connectivity index (χ1n) is 6.33. The molecule has 6 heteroatoms. The number of aliphatic carboxylic acids is 1. The molecule has 1 heterocycles. The van der Waals surface area contributed by atoms with Gasteiger partial charge in [0.15, 0.2) is 0 Å². The average Bonchev–Trinajstić information content (AvgIpc) is 2.52. The molecule has 1 atom stereocenters. The van der Waals surface area contributed by atoms with Crippen molar-refractivity contribution < 1.29 is 14.7 Å². The summed E-state index contributed by atoms with van der Waals surface area (Å²) in [6, 6.07) is -0.0709. The van der Waals surface area contributed by atoms with Crippen LogP contribution in [0.4, 0.5) is 4.79 Å². The summed E-state index contributed by atoms with van der Waals surface area (Å²) in [4.78, 5) is 28.4. The number of rotatable bonds is 3. The van der Waals surface area contributed by atoms with E-state index in [0.717, 1.165) is 26.1 Å². The third kappa shape index (κ3) is 4.18. The molecule has 1 unspecified atom stereocenters. The molecule has 1 aliphatic heterocycles. The Morgan fingerprint density at radius 3 is 2.56 bits per heavy atom. The highest BCUT2D eigenvalue weighted by molar-refractivity contribution is 5.76. The maximum Gasteiger partial charge on any atom is 0.319 e. The molecule has 104 valence electrons. The molecule has 0 bridgehead atoms. The lowest BCUT2D eigenvalue weighted by atomic mass is 10.2. The number of likely N-dealkylation sites (N-methyl/N-ethyl adjacent to an activating group) is 1. The van der Waals surface area contributed by atoms with Gasteiger partial charge in [0, 0.05) is 33.2 Å². The maximum absolute atomic E-state index is 12.2. The van der Waals surface area contributed by atoms with Gasteiger partial charge in [0.1, 0.15) is 0 Å². The minimum atomic E-state index is -0.870. The van der Waals surface area contributed by atoms with Crippen LogP contribution in [0.1, 0.15) is 13.3 Å². The van der Waals surface area contributed by atoms with Gasteiger partial charge in [0.05, 0.1) is 5.92 Å². The molecule has 1 saturated heterocycles. The fraction of sp³-hybridized carbons (Fsp3) is 0.833. The Labute approximate surface area is 108 Å². The van der Waals surface area contributed by atoms with Crippen molar-refractivity contribution in [1.82, 2.24) is 14.7 Å². The van der Waals surface area contributed by atoms with E-state index in [1.165, 1.54) is 4.90 Å². The van der Waals surface area contributed by atoms with Crippen LogP contribution in [-0.4, -0.2) is 78.6 Å². The summed E-state index contributed by atoms with van der Waals surface area (Å²) in [5.41, 5.74) is 0. The lowest BCUT2D eigenvalue weighted by molar-refractivity contribution is -0.141. The SMILES string of the molecule is CC(CN(C)C(=O)N1CCCN(C)CC1)C(=O)O. The number of hydrogen-bond donors (Lipinski definition) is 1. The van der Waals surface area contributed by atoms with Crippen molar-refractivity contribution >= 4 is 12.0 Å². The van der Waals surface area contributed by atoms with Crippen LogP contribution in [0.2, 0.25) is 0 Å². The number of carboxylic acids is 1. The predicted octanol–water partition coefficient (Wildman–Crippen LogP) is 0.396. The molecule has 0 aromatic carbocycles. The molecule has 0 aromatic heterocycles. The van der Waals surface area contributed by atoms with Gasteiger partial charge >= 0.3 is 12.0 Å². The second kappa shape index (κ2) is 6.58. The van der Waals surface area contributed by atoms with E-state index >= 15 is 0 Å². The molecular weight excluding hydrogens is 234 g/mol. The van der Waals surface area contributed by atoms with Crippen LogP contribution in [-0.2, 0) is 4.79 Å². The van der Waals surface area contributed by atoms with Gasteiger partial charge in [-0.05, 0) is 20.0 Å². The van der Waals surface area contributed by atoms with E-state index in [1.807, 2.05) is 7.05 Å². The first kappa shape index (κ1) is 14.8. The van der Waals surface area contributed by atoms with Crippen LogP contribution < -0.4 is 0 Å². The van der Waals surface area contributed by atoms with Crippen molar-refractivity contribution in [1.29, 1.82) is 0 Å². The zero-order chi connectivity index (χ0) is 13.7. The number of hydrogen-bond acceptors (Lipinski definition) is 3. The van der Waals surface area contributed by atoms with Gasteiger partial charge in [0.25, 0.3) is 0 Å². The zero-order valence-electron chi connectivity index (χ0n) is 11.4. The van der Waals surface area contributed by atoms with Crippen molar-refractivity contribution in [3.63, 3.8) is 0 Å². The molecule has 6 nitrogen and oxygen atoms in total. The molecule has 1 aliphatic rings. The second-order valence-electron chi connectivity index (χ2n) is 5.05. The average molecular weight is 257 g/mol. The normalized spacial score (nSPS) is 19.2. The number of carbonyl (C=O) groups excluding carboxylic acids is 1. The summed E-state index contributed by atoms with van der Waals surface area (Å²) in [7, 11) is 3.71. The van der Waals surface area contributed by atoms with E-state index in [2.05, 4.69) is 4.90 Å². The van der Waals surface area contributed by atoms with E-state index in [1.54, 1.807) is 18.9 Å². The fourth-order valence-corrected chi connectivity index (χ4v) is 2.05. The summed E-state index contributed by atoms with van der Waals surface area (Å²) >= 11 is 0. The van der Waals surface area contributed by atoms with Crippen LogP contribution in [0, 0.1) is 5.92 Å². The highest BCUT2D eigenvalue weighted by atomic mass is 16.4. The van der Waals surface area contributed by atoms with Gasteiger partial charge in [-0.2, -0.15) is 0 Å². The smallest absolute Gasteiger partial charge is 0.319 e. The number of amides is 2. The molecule has 0 radical (unpaired) electrons. The van der Waals surface area contributed by atoms with Gasteiger partial charge in [-0.1, -0.05) is 6.92 Å². The second-order valence-corrected chi connectivity index (χ2v) is 5.05. The third-order valence-electron chi connectivity index (χ3n) is 3.29. The lowest BCUT2D eigenvalue weighted by Crippen LogP contribution is -2.45. The summed E-state index contributed by atoms with van der Waals surface area (Å²) in [6.07, 6.45) is 0.963. The molecule has 18 heavy (non-hydrogen) atoms. The molecule has 1 fully saturated rings. The minimum Gasteiger partial charge on any atom is -0.481 e. The Kier molecular flexibility index (Phi) is 5.40. The van der Waals surface area contributed by atoms with Crippen molar-refractivity contribution in [2.45, 2.75) is 13.3 Å². The topological polar surface area (TPSA) is 64.1 Å². The molecule has 2 amide bonds. The van der Waals surface area contributed by atoms with E-state index in [9.17, 15) is 9.59 Å². The summed E-state index contributed by atoms with van der Waals surface area (Å²) < 4.78 is 0. The monoisotopic (exact) mass is 257 g/mol. The molecule has 0 saturated carbocycles. The minimum absolute atomic E-state index is 0.0709. The van der Waals surface area contributed by atoms with E-state index in [0.29, 0.717) is 6.54 Å². The van der Waals surface area contributed by atoms with Crippen molar-refractivity contribution in [3.05, 3.63) is 0 Å². The third-order valence-corrected chi connectivity index (χ3v) is 3.29. The predicted molar refractivity (Wildman–Crippen MR) is 68.5 cm³/mol. The van der Waals surface area contributed by atoms with Crippen molar-refractivity contribution in [2.75, 3.05) is 46.8 Å². The quantitative estimate of drug-likeness (QED) is 0.794. The number of urea groups is 1. The van der Waals surface area contributed by atoms with Crippen LogP contribution in [0.25, 0.3) is 0 Å². The molecule has 0 spiro atoms. The highest BCUT2D eigenvalue weighted by Gasteiger charge is 2.23. The van der Waals surface area contributed by atoms with Gasteiger partial charge in [0.2, 0.25) is 0 Å². The number of carboxylic acid groups (broad SMARTS) is 1. The molecule has 1 N–H and O–H groups in total. The fourth-order valence-electron chi connectivity index (χ4n) is 2.05. The first-order valence-corrected chi connectivity index (χ1v) is 6.33. The number of carbonyl (C=O) groups is 2. The van der Waals surface area contributed by atoms with Gasteiger partial charge < -0.3 is 19.8 Å². The Bertz CT molecular complexity index is 309. The summed E-state index contributed by atoms with van der Waals surface area (Å²) in [6.45, 7) is 5.19. The van der Waals surface area contributed by atoms with Crippen LogP contribution >= 0.6 is 0 Å². The van der Waals surface area contributed by atoms with Crippen molar-refractivity contribution in [2.24, 2.45) is 5.92 Å². The first-order chi connectivity index (χ1) is 8.41. The van der Waals surface area contributed by atoms with Crippen LogP contribution in [0.3, 0.4) is 0 Å². The molecular formula is C12H23N3O3. The molecule has 0 aliphatic carbocycles. The Morgan fingerprint density at radius 1 is 1.28 bits per heavy atom. The summed E-state index contributed by atoms with van der Waals surface area (Å²) in [5, 5.41) is 8.84. The van der Waals surface area contributed by atoms with E-state index in [4.69, 9.17) is 5.11 Å².